The van der Waals surface area contributed by atoms with Gasteiger partial charge < -0.3 is 14.6 Å². The van der Waals surface area contributed by atoms with Crippen molar-refractivity contribution in [2.75, 3.05) is 14.2 Å². The molecule has 0 saturated carbocycles. The summed E-state index contributed by atoms with van der Waals surface area (Å²) in [5.41, 5.74) is 5.36. The quantitative estimate of drug-likeness (QED) is 0.715. The van der Waals surface area contributed by atoms with Crippen molar-refractivity contribution >= 4 is 6.79 Å². The van der Waals surface area contributed by atoms with E-state index in [-0.39, 0.29) is 0 Å². The van der Waals surface area contributed by atoms with E-state index in [1.54, 1.807) is 7.11 Å². The molecule has 0 aliphatic rings. The molecule has 3 nitrogen and oxygen atoms in total. The van der Waals surface area contributed by atoms with E-state index in [4.69, 9.17) is 14.6 Å². The van der Waals surface area contributed by atoms with Gasteiger partial charge in [-0.25, -0.2) is 0 Å². The van der Waals surface area contributed by atoms with Crippen LogP contribution in [0.1, 0.15) is 52.2 Å². The third-order valence-corrected chi connectivity index (χ3v) is 3.18. The van der Waals surface area contributed by atoms with E-state index in [9.17, 15) is 0 Å². The summed E-state index contributed by atoms with van der Waals surface area (Å²) in [6.07, 6.45) is 2.30. The minimum atomic E-state index is 0.905. The van der Waals surface area contributed by atoms with Crippen molar-refractivity contribution in [1.82, 2.24) is 0 Å². The lowest BCUT2D eigenvalue weighted by Gasteiger charge is -2.11. The highest BCUT2D eigenvalue weighted by Gasteiger charge is 2.05. The molecule has 0 heterocycles. The smallest absolute Gasteiger partial charge is 0.118 e. The topological polar surface area (TPSA) is 46.5 Å². The first-order valence-electron chi connectivity index (χ1n) is 9.22. The van der Waals surface area contributed by atoms with Crippen molar-refractivity contribution in [3.63, 3.8) is 0 Å². The molecule has 148 valence electrons. The zero-order valence-electron chi connectivity index (χ0n) is 17.9. The number of hydrogen-bond donors (Lipinski definition) is 1. The van der Waals surface area contributed by atoms with Crippen molar-refractivity contribution < 1.29 is 14.6 Å². The molecule has 0 saturated heterocycles. The summed E-state index contributed by atoms with van der Waals surface area (Å²) in [5, 5.41) is 7.00. The van der Waals surface area contributed by atoms with Crippen LogP contribution in [-0.4, -0.2) is 26.1 Å². The SMILES string of the molecule is C=O.CC.CC.CCCc1cc(C)ccc1-c1ccc(OC)cc1.CO. The molecular weight excluding hydrogens is 324 g/mol. The van der Waals surface area contributed by atoms with Gasteiger partial charge in [0.1, 0.15) is 12.5 Å². The van der Waals surface area contributed by atoms with Gasteiger partial charge in [0.2, 0.25) is 0 Å². The van der Waals surface area contributed by atoms with Crippen molar-refractivity contribution in [3.8, 4) is 16.9 Å². The van der Waals surface area contributed by atoms with E-state index >= 15 is 0 Å². The van der Waals surface area contributed by atoms with Crippen molar-refractivity contribution in [2.24, 2.45) is 0 Å². The van der Waals surface area contributed by atoms with Gasteiger partial charge in [-0.3, -0.25) is 0 Å². The highest BCUT2D eigenvalue weighted by molar-refractivity contribution is 5.68. The maximum absolute atomic E-state index is 8.00. The van der Waals surface area contributed by atoms with E-state index in [0.717, 1.165) is 19.3 Å². The van der Waals surface area contributed by atoms with Gasteiger partial charge in [0.05, 0.1) is 7.11 Å². The Labute approximate surface area is 161 Å². The largest absolute Gasteiger partial charge is 0.497 e. The number of hydrogen-bond acceptors (Lipinski definition) is 3. The van der Waals surface area contributed by atoms with Crippen molar-refractivity contribution in [1.29, 1.82) is 0 Å². The minimum absolute atomic E-state index is 0.905. The van der Waals surface area contributed by atoms with Gasteiger partial charge in [0.15, 0.2) is 0 Å². The van der Waals surface area contributed by atoms with Crippen LogP contribution in [0.25, 0.3) is 11.1 Å². The Balaban J connectivity index is -0.000000585. The Morgan fingerprint density at radius 3 is 1.85 bits per heavy atom. The van der Waals surface area contributed by atoms with Crippen LogP contribution in [0.3, 0.4) is 0 Å². The lowest BCUT2D eigenvalue weighted by Crippen LogP contribution is -1.91. The third kappa shape index (κ3) is 10.7. The molecule has 0 radical (unpaired) electrons. The van der Waals surface area contributed by atoms with Crippen LogP contribution in [0.4, 0.5) is 0 Å². The van der Waals surface area contributed by atoms with E-state index in [1.165, 1.54) is 28.7 Å². The fourth-order valence-corrected chi connectivity index (χ4v) is 2.25. The molecule has 0 aliphatic heterocycles. The van der Waals surface area contributed by atoms with Gasteiger partial charge in [0.25, 0.3) is 0 Å². The number of carbonyl (C=O) groups is 1. The van der Waals surface area contributed by atoms with E-state index in [2.05, 4.69) is 44.2 Å². The van der Waals surface area contributed by atoms with Crippen LogP contribution in [0.5, 0.6) is 5.75 Å². The molecule has 0 unspecified atom stereocenters. The second kappa shape index (κ2) is 20.9. The number of aryl methyl sites for hydroxylation is 2. The zero-order valence-corrected chi connectivity index (χ0v) is 17.9. The first-order valence-corrected chi connectivity index (χ1v) is 9.22. The maximum atomic E-state index is 8.00. The average Bonchev–Trinajstić information content (AvgIpc) is 2.74. The monoisotopic (exact) mass is 362 g/mol. The number of aliphatic hydroxyl groups excluding tert-OH is 1. The van der Waals surface area contributed by atoms with Crippen molar-refractivity contribution in [3.05, 3.63) is 53.6 Å². The molecule has 0 bridgehead atoms. The Kier molecular flexibility index (Phi) is 23.1. The predicted molar refractivity (Wildman–Crippen MR) is 115 cm³/mol. The fourth-order valence-electron chi connectivity index (χ4n) is 2.25. The first-order chi connectivity index (χ1) is 12.7. The highest BCUT2D eigenvalue weighted by atomic mass is 16.5. The Bertz CT molecular complexity index is 534. The predicted octanol–water partition coefficient (Wildman–Crippen LogP) is 6.10. The maximum Gasteiger partial charge on any atom is 0.118 e. The van der Waals surface area contributed by atoms with Gasteiger partial charge in [0, 0.05) is 7.11 Å². The number of methoxy groups -OCH3 is 1. The summed E-state index contributed by atoms with van der Waals surface area (Å²) < 4.78 is 5.20. The number of rotatable bonds is 4. The second-order valence-electron chi connectivity index (χ2n) is 4.64. The molecule has 0 atom stereocenters. The third-order valence-electron chi connectivity index (χ3n) is 3.18. The molecule has 0 amide bonds. The summed E-state index contributed by atoms with van der Waals surface area (Å²) in [6, 6.07) is 15.0. The Morgan fingerprint density at radius 1 is 0.923 bits per heavy atom. The van der Waals surface area contributed by atoms with Gasteiger partial charge in [-0.05, 0) is 42.2 Å². The normalized spacial score (nSPS) is 8.04. The van der Waals surface area contributed by atoms with Crippen LogP contribution in [0.15, 0.2) is 42.5 Å². The molecule has 0 spiro atoms. The van der Waals surface area contributed by atoms with Crippen LogP contribution >= 0.6 is 0 Å². The lowest BCUT2D eigenvalue weighted by molar-refractivity contribution is -0.0979. The van der Waals surface area contributed by atoms with Gasteiger partial charge in [-0.2, -0.15) is 0 Å². The average molecular weight is 363 g/mol. The fraction of sp³-hybridized carbons (Fsp3) is 0.435. The Hall–Kier alpha value is -2.13. The molecule has 0 aliphatic carbocycles. The number of carbonyl (C=O) groups excluding carboxylic acids is 1. The second-order valence-corrected chi connectivity index (χ2v) is 4.64. The molecule has 2 aromatic rings. The molecular formula is C23H38O3. The summed E-state index contributed by atoms with van der Waals surface area (Å²) >= 11 is 0. The Morgan fingerprint density at radius 2 is 1.42 bits per heavy atom. The van der Waals surface area contributed by atoms with Gasteiger partial charge in [-0.1, -0.05) is 76.9 Å². The van der Waals surface area contributed by atoms with Gasteiger partial charge >= 0.3 is 0 Å². The van der Waals surface area contributed by atoms with Crippen LogP contribution in [0.2, 0.25) is 0 Å². The first kappa shape index (κ1) is 28.7. The van der Waals surface area contributed by atoms with Crippen LogP contribution < -0.4 is 4.74 Å². The molecule has 3 heteroatoms. The molecule has 1 N–H and O–H groups in total. The summed E-state index contributed by atoms with van der Waals surface area (Å²) in [7, 11) is 2.70. The van der Waals surface area contributed by atoms with E-state index in [0.29, 0.717) is 0 Å². The standard InChI is InChI=1S/C17H20O.2C2H6.CH4O.CH2O/c1-4-5-15-12-13(2)6-11-17(15)14-7-9-16(18-3)10-8-14;4*1-2/h6-12H,4-5H2,1-3H3;2*1-2H3;2H,1H3;1H2. The highest BCUT2D eigenvalue weighted by Crippen LogP contribution is 2.27. The number of ether oxygens (including phenoxy) is 1. The van der Waals surface area contributed by atoms with Gasteiger partial charge in [-0.15, -0.1) is 0 Å². The molecule has 26 heavy (non-hydrogen) atoms. The minimum Gasteiger partial charge on any atom is -0.497 e. The molecule has 2 aromatic carbocycles. The molecule has 0 fully saturated rings. The van der Waals surface area contributed by atoms with Crippen molar-refractivity contribution in [2.45, 2.75) is 54.4 Å². The summed E-state index contributed by atoms with van der Waals surface area (Å²) in [6.45, 7) is 14.4. The zero-order chi connectivity index (χ0) is 21.0. The number of benzene rings is 2. The van der Waals surface area contributed by atoms with E-state index in [1.807, 2.05) is 46.6 Å². The molecule has 0 aromatic heterocycles. The summed E-state index contributed by atoms with van der Waals surface area (Å²) in [5.74, 6) is 0.905. The summed E-state index contributed by atoms with van der Waals surface area (Å²) in [4.78, 5) is 8.00. The van der Waals surface area contributed by atoms with E-state index < -0.39 is 0 Å². The number of aliphatic hydroxyl groups is 1. The van der Waals surface area contributed by atoms with Crippen LogP contribution in [-0.2, 0) is 11.2 Å². The van der Waals surface area contributed by atoms with Crippen LogP contribution in [0, 0.1) is 6.92 Å². The lowest BCUT2D eigenvalue weighted by atomic mass is 9.95. The molecule has 2 rings (SSSR count).